The molecule has 2 heterocycles. The van der Waals surface area contributed by atoms with Crippen molar-refractivity contribution in [2.45, 2.75) is 33.1 Å². The lowest BCUT2D eigenvalue weighted by molar-refractivity contribution is 0.387. The summed E-state index contributed by atoms with van der Waals surface area (Å²) in [5, 5.41) is 1.16. The summed E-state index contributed by atoms with van der Waals surface area (Å²) in [6.45, 7) is 8.54. The van der Waals surface area contributed by atoms with Gasteiger partial charge in [0.1, 0.15) is 18.7 Å². The summed E-state index contributed by atoms with van der Waals surface area (Å²) >= 11 is 0. The Morgan fingerprint density at radius 3 is 2.38 bits per heavy atom. The summed E-state index contributed by atoms with van der Waals surface area (Å²) in [4.78, 5) is 2.36. The summed E-state index contributed by atoms with van der Waals surface area (Å²) in [6, 6.07) is 19.3. The topological polar surface area (TPSA) is 19.4 Å². The molecule has 29 heavy (non-hydrogen) atoms. The first kappa shape index (κ1) is 19.5. The standard InChI is InChI=1S/C26H31N2O/c1-3-27(4-2)23-15-16-24-22(14-13-21-11-7-5-8-12-21)19-26(29-25(24)20-23)28-17-9-6-10-18-28/h5,7-8,11-16,19-20H,3-4,6,9-10,17-18H2,1-2H3/q+1/b14-13+. The highest BCUT2D eigenvalue weighted by Gasteiger charge is 2.15. The molecule has 0 aliphatic carbocycles. The second-order valence-electron chi connectivity index (χ2n) is 7.68. The molecule has 1 aliphatic heterocycles. The molecule has 0 N–H and O–H groups in total. The molecule has 0 atom stereocenters. The molecule has 3 nitrogen and oxygen atoms in total. The maximum atomic E-state index is 6.44. The smallest absolute Gasteiger partial charge is 0.368 e. The Morgan fingerprint density at radius 1 is 0.897 bits per heavy atom. The van der Waals surface area contributed by atoms with E-state index in [0.29, 0.717) is 0 Å². The van der Waals surface area contributed by atoms with E-state index in [2.05, 4.69) is 90.1 Å². The van der Waals surface area contributed by atoms with Crippen LogP contribution >= 0.6 is 0 Å². The van der Waals surface area contributed by atoms with Gasteiger partial charge < -0.3 is 9.32 Å². The molecule has 0 saturated carbocycles. The van der Waals surface area contributed by atoms with Crippen molar-refractivity contribution in [2.75, 3.05) is 31.1 Å². The molecule has 0 spiro atoms. The Bertz CT molecular complexity index is 1050. The zero-order valence-electron chi connectivity index (χ0n) is 17.6. The summed E-state index contributed by atoms with van der Waals surface area (Å²) in [5.74, 6) is 0. The molecule has 2 aromatic carbocycles. The molecule has 4 rings (SSSR count). The van der Waals surface area contributed by atoms with E-state index in [1.54, 1.807) is 0 Å². The van der Waals surface area contributed by atoms with Gasteiger partial charge in [0.2, 0.25) is 0 Å². The largest absolute Gasteiger partial charge is 0.405 e. The van der Waals surface area contributed by atoms with E-state index in [1.165, 1.54) is 36.1 Å². The monoisotopic (exact) mass is 387 g/mol. The lowest BCUT2D eigenvalue weighted by Crippen LogP contribution is -2.34. The van der Waals surface area contributed by atoms with Crippen molar-refractivity contribution in [2.24, 2.45) is 0 Å². The minimum absolute atomic E-state index is 0.963. The van der Waals surface area contributed by atoms with E-state index in [4.69, 9.17) is 4.42 Å². The fourth-order valence-corrected chi connectivity index (χ4v) is 4.13. The van der Waals surface area contributed by atoms with Crippen molar-refractivity contribution in [3.8, 4) is 0 Å². The first-order valence-corrected chi connectivity index (χ1v) is 10.9. The van der Waals surface area contributed by atoms with Crippen LogP contribution < -0.4 is 15.0 Å². The van der Waals surface area contributed by atoms with Crippen LogP contribution in [-0.2, 0) is 0 Å². The normalized spacial score (nSPS) is 14.6. The lowest BCUT2D eigenvalue weighted by Gasteiger charge is -2.21. The van der Waals surface area contributed by atoms with Crippen molar-refractivity contribution in [1.29, 1.82) is 0 Å². The first-order chi connectivity index (χ1) is 14.3. The number of anilines is 1. The zero-order valence-corrected chi connectivity index (χ0v) is 17.6. The number of fused-ring (bicyclic) bond motifs is 1. The summed E-state index contributed by atoms with van der Waals surface area (Å²) in [6.07, 6.45) is 8.20. The Kier molecular flexibility index (Phi) is 6.14. The third-order valence-electron chi connectivity index (χ3n) is 5.82. The molecule has 1 fully saturated rings. The van der Waals surface area contributed by atoms with Gasteiger partial charge in [-0.2, -0.15) is 4.58 Å². The zero-order chi connectivity index (χ0) is 20.1. The molecule has 3 heteroatoms. The van der Waals surface area contributed by atoms with Crippen LogP contribution in [0.4, 0.5) is 5.69 Å². The highest BCUT2D eigenvalue weighted by atomic mass is 16.3. The van der Waals surface area contributed by atoms with Gasteiger partial charge in [0.15, 0.2) is 0 Å². The summed E-state index contributed by atoms with van der Waals surface area (Å²) < 4.78 is 8.83. The fourth-order valence-electron chi connectivity index (χ4n) is 4.13. The maximum absolute atomic E-state index is 6.44. The molecular formula is C26H31N2O+. The van der Waals surface area contributed by atoms with Gasteiger partial charge in [-0.15, -0.1) is 0 Å². The van der Waals surface area contributed by atoms with E-state index < -0.39 is 0 Å². The maximum Gasteiger partial charge on any atom is 0.368 e. The van der Waals surface area contributed by atoms with Crippen LogP contribution in [0.5, 0.6) is 0 Å². The number of hydrogen-bond acceptors (Lipinski definition) is 2. The Labute approximate surface area is 173 Å². The van der Waals surface area contributed by atoms with Crippen molar-refractivity contribution < 1.29 is 4.42 Å². The predicted octanol–water partition coefficient (Wildman–Crippen LogP) is 5.41. The SMILES string of the molecule is CCN(CC)c1ccc2c(/C=C/c3ccccc3)cc(=[N+]3CCCCC3)oc2c1. The lowest BCUT2D eigenvalue weighted by atomic mass is 10.1. The van der Waals surface area contributed by atoms with Crippen molar-refractivity contribution >= 4 is 28.8 Å². The van der Waals surface area contributed by atoms with Crippen LogP contribution in [0.25, 0.3) is 23.1 Å². The number of piperidine rings is 1. The Balaban J connectivity index is 1.86. The first-order valence-electron chi connectivity index (χ1n) is 10.9. The van der Waals surface area contributed by atoms with Crippen LogP contribution in [0.15, 0.2) is 59.0 Å². The number of benzene rings is 2. The minimum Gasteiger partial charge on any atom is -0.405 e. The summed E-state index contributed by atoms with van der Waals surface area (Å²) in [5.41, 5.74) is 5.59. The third kappa shape index (κ3) is 4.45. The molecule has 1 saturated heterocycles. The molecular weight excluding hydrogens is 356 g/mol. The Hall–Kier alpha value is -2.81. The van der Waals surface area contributed by atoms with Crippen molar-refractivity contribution in [1.82, 2.24) is 4.58 Å². The van der Waals surface area contributed by atoms with Gasteiger partial charge in [0.25, 0.3) is 0 Å². The minimum atomic E-state index is 0.963. The average molecular weight is 388 g/mol. The molecule has 0 amide bonds. The molecule has 3 aromatic rings. The molecule has 0 bridgehead atoms. The van der Waals surface area contributed by atoms with Crippen LogP contribution in [-0.4, -0.2) is 26.2 Å². The van der Waals surface area contributed by atoms with E-state index in [-0.39, 0.29) is 0 Å². The van der Waals surface area contributed by atoms with Gasteiger partial charge in [-0.25, -0.2) is 0 Å². The fraction of sp³-hybridized carbons (Fsp3) is 0.346. The van der Waals surface area contributed by atoms with Gasteiger partial charge >= 0.3 is 5.55 Å². The van der Waals surface area contributed by atoms with Gasteiger partial charge in [0.05, 0.1) is 6.07 Å². The van der Waals surface area contributed by atoms with Gasteiger partial charge in [-0.05, 0) is 43.5 Å². The van der Waals surface area contributed by atoms with E-state index in [0.717, 1.165) is 42.7 Å². The molecule has 150 valence electrons. The van der Waals surface area contributed by atoms with E-state index in [1.807, 2.05) is 0 Å². The Morgan fingerprint density at radius 2 is 1.66 bits per heavy atom. The van der Waals surface area contributed by atoms with Gasteiger partial charge in [-0.3, -0.25) is 0 Å². The molecule has 1 aromatic heterocycles. The number of rotatable bonds is 5. The highest BCUT2D eigenvalue weighted by Crippen LogP contribution is 2.25. The average Bonchev–Trinajstić information content (AvgIpc) is 2.79. The van der Waals surface area contributed by atoms with Crippen LogP contribution in [0, 0.1) is 0 Å². The van der Waals surface area contributed by atoms with Gasteiger partial charge in [-0.1, -0.05) is 42.5 Å². The van der Waals surface area contributed by atoms with E-state index >= 15 is 0 Å². The second-order valence-corrected chi connectivity index (χ2v) is 7.68. The molecule has 0 radical (unpaired) electrons. The molecule has 0 unspecified atom stereocenters. The molecule has 1 aliphatic rings. The third-order valence-corrected chi connectivity index (χ3v) is 5.82. The van der Waals surface area contributed by atoms with Gasteiger partial charge in [0, 0.05) is 43.1 Å². The summed E-state index contributed by atoms with van der Waals surface area (Å²) in [7, 11) is 0. The van der Waals surface area contributed by atoms with Crippen LogP contribution in [0.1, 0.15) is 44.2 Å². The van der Waals surface area contributed by atoms with Crippen molar-refractivity contribution in [3.63, 3.8) is 0 Å². The highest BCUT2D eigenvalue weighted by molar-refractivity contribution is 5.91. The van der Waals surface area contributed by atoms with E-state index in [9.17, 15) is 0 Å². The second kappa shape index (κ2) is 9.13. The van der Waals surface area contributed by atoms with Crippen LogP contribution in [0.2, 0.25) is 0 Å². The predicted molar refractivity (Wildman–Crippen MR) is 124 cm³/mol. The quantitative estimate of drug-likeness (QED) is 0.546. The number of nitrogens with zero attached hydrogens (tertiary/aromatic N) is 2. The van der Waals surface area contributed by atoms with Crippen molar-refractivity contribution in [3.05, 3.63) is 71.3 Å². The number of hydrogen-bond donors (Lipinski definition) is 0. The van der Waals surface area contributed by atoms with Crippen LogP contribution in [0.3, 0.4) is 0 Å².